The number of ether oxygens (including phenoxy) is 2. The highest BCUT2D eigenvalue weighted by Gasteiger charge is 2.22. The zero-order chi connectivity index (χ0) is 21.5. The fourth-order valence-electron chi connectivity index (χ4n) is 2.30. The van der Waals surface area contributed by atoms with Gasteiger partial charge in [-0.05, 0) is 58.7 Å². The van der Waals surface area contributed by atoms with E-state index in [2.05, 4.69) is 5.32 Å². The van der Waals surface area contributed by atoms with Crippen molar-refractivity contribution in [3.63, 3.8) is 0 Å². The van der Waals surface area contributed by atoms with E-state index in [0.717, 1.165) is 11.8 Å². The number of alkyl carbamates (subject to hydrolysis) is 1. The van der Waals surface area contributed by atoms with Crippen LogP contribution in [0.5, 0.6) is 5.75 Å². The minimum atomic E-state index is -3.61. The van der Waals surface area contributed by atoms with Crippen molar-refractivity contribution in [2.45, 2.75) is 65.2 Å². The topological polar surface area (TPSA) is 108 Å². The lowest BCUT2D eigenvalue weighted by atomic mass is 10.0. The summed E-state index contributed by atoms with van der Waals surface area (Å²) in [7, 11) is -3.61. The Hall–Kier alpha value is -2.29. The highest BCUT2D eigenvalue weighted by molar-refractivity contribution is 7.86. The molecule has 158 valence electrons. The van der Waals surface area contributed by atoms with E-state index in [1.54, 1.807) is 46.8 Å². The quantitative estimate of drug-likeness (QED) is 0.514. The maximum atomic E-state index is 12.1. The summed E-state index contributed by atoms with van der Waals surface area (Å²) < 4.78 is 37.6. The van der Waals surface area contributed by atoms with Crippen LogP contribution in [0.15, 0.2) is 24.3 Å². The third kappa shape index (κ3) is 10.8. The number of carbonyl (C=O) groups is 2. The molecule has 0 radical (unpaired) electrons. The lowest BCUT2D eigenvalue weighted by Gasteiger charge is -2.23. The molecule has 0 aromatic heterocycles. The van der Waals surface area contributed by atoms with Crippen LogP contribution in [0.1, 0.15) is 46.6 Å². The third-order valence-corrected chi connectivity index (χ3v) is 3.65. The molecule has 1 rings (SSSR count). The molecule has 9 heteroatoms. The Morgan fingerprint density at radius 1 is 1.11 bits per heavy atom. The van der Waals surface area contributed by atoms with E-state index in [-0.39, 0.29) is 18.3 Å². The molecule has 1 atom stereocenters. The number of amides is 1. The Bertz CT molecular complexity index is 764. The first kappa shape index (κ1) is 23.7. The zero-order valence-corrected chi connectivity index (χ0v) is 18.0. The molecule has 0 fully saturated rings. The van der Waals surface area contributed by atoms with Gasteiger partial charge in [0, 0.05) is 6.04 Å². The monoisotopic (exact) mass is 415 g/mol. The van der Waals surface area contributed by atoms with Crippen LogP contribution < -0.4 is 9.50 Å². The molecular formula is C19H29NO7S. The molecule has 0 saturated heterocycles. The van der Waals surface area contributed by atoms with Crippen molar-refractivity contribution < 1.29 is 31.7 Å². The van der Waals surface area contributed by atoms with Crippen LogP contribution in [0.2, 0.25) is 0 Å². The smallest absolute Gasteiger partial charge is 0.407 e. The standard InChI is InChI=1S/C19H29NO7S/c1-13(2)25-17(21)12-15(20-18(22)26-19(3,4)5)11-14-7-9-16(10-8-14)27-28(6,23)24/h7-10,13,15H,11-12H2,1-6H3,(H,20,22). The van der Waals surface area contributed by atoms with Gasteiger partial charge in [0.25, 0.3) is 0 Å². The molecule has 1 amide bonds. The third-order valence-electron chi connectivity index (χ3n) is 3.15. The van der Waals surface area contributed by atoms with E-state index in [4.69, 9.17) is 13.7 Å². The predicted octanol–water partition coefficient (Wildman–Crippen LogP) is 2.80. The van der Waals surface area contributed by atoms with Crippen molar-refractivity contribution in [1.29, 1.82) is 0 Å². The van der Waals surface area contributed by atoms with Crippen LogP contribution in [-0.2, 0) is 30.8 Å². The molecule has 0 aliphatic carbocycles. The second-order valence-electron chi connectivity index (χ2n) is 7.72. The average molecular weight is 416 g/mol. The lowest BCUT2D eigenvalue weighted by Crippen LogP contribution is -2.41. The van der Waals surface area contributed by atoms with Gasteiger partial charge in [0.15, 0.2) is 0 Å². The summed E-state index contributed by atoms with van der Waals surface area (Å²) in [4.78, 5) is 24.1. The summed E-state index contributed by atoms with van der Waals surface area (Å²) in [5.74, 6) is -0.254. The van der Waals surface area contributed by atoms with Crippen molar-refractivity contribution in [3.05, 3.63) is 29.8 Å². The molecule has 0 bridgehead atoms. The minimum Gasteiger partial charge on any atom is -0.463 e. The van der Waals surface area contributed by atoms with Gasteiger partial charge < -0.3 is 19.0 Å². The molecule has 8 nitrogen and oxygen atoms in total. The Kier molecular flexibility index (Phi) is 8.29. The molecule has 0 heterocycles. The maximum absolute atomic E-state index is 12.1. The van der Waals surface area contributed by atoms with Crippen molar-refractivity contribution in [2.75, 3.05) is 6.26 Å². The SMILES string of the molecule is CC(C)OC(=O)CC(Cc1ccc(OS(C)(=O)=O)cc1)NC(=O)OC(C)(C)C. The molecule has 0 aliphatic heterocycles. The van der Waals surface area contributed by atoms with Gasteiger partial charge in [0.05, 0.1) is 18.8 Å². The average Bonchev–Trinajstić information content (AvgIpc) is 2.44. The van der Waals surface area contributed by atoms with Gasteiger partial charge in [0.2, 0.25) is 0 Å². The van der Waals surface area contributed by atoms with Crippen molar-refractivity contribution >= 4 is 22.2 Å². The molecule has 0 spiro atoms. The van der Waals surface area contributed by atoms with E-state index in [0.29, 0.717) is 6.42 Å². The van der Waals surface area contributed by atoms with Crippen molar-refractivity contribution in [3.8, 4) is 5.75 Å². The number of nitrogens with one attached hydrogen (secondary N) is 1. The van der Waals surface area contributed by atoms with Crippen LogP contribution in [0.3, 0.4) is 0 Å². The van der Waals surface area contributed by atoms with Crippen LogP contribution in [-0.4, -0.2) is 44.5 Å². The summed E-state index contributed by atoms with van der Waals surface area (Å²) in [5, 5.41) is 2.69. The fraction of sp³-hybridized carbons (Fsp3) is 0.579. The van der Waals surface area contributed by atoms with Crippen LogP contribution >= 0.6 is 0 Å². The number of hydrogen-bond acceptors (Lipinski definition) is 7. The Labute approximate surface area is 166 Å². The number of esters is 1. The van der Waals surface area contributed by atoms with Gasteiger partial charge in [0.1, 0.15) is 11.4 Å². The molecule has 1 aromatic rings. The summed E-state index contributed by atoms with van der Waals surface area (Å²) in [6.45, 7) is 8.72. The van der Waals surface area contributed by atoms with Gasteiger partial charge in [-0.25, -0.2) is 4.79 Å². The van der Waals surface area contributed by atoms with E-state index in [1.165, 1.54) is 12.1 Å². The highest BCUT2D eigenvalue weighted by atomic mass is 32.2. The van der Waals surface area contributed by atoms with Gasteiger partial charge in [-0.15, -0.1) is 0 Å². The van der Waals surface area contributed by atoms with Gasteiger partial charge in [-0.1, -0.05) is 12.1 Å². The van der Waals surface area contributed by atoms with E-state index in [1.807, 2.05) is 0 Å². The minimum absolute atomic E-state index is 0.0288. The Morgan fingerprint density at radius 3 is 2.14 bits per heavy atom. The first-order valence-corrected chi connectivity index (χ1v) is 10.7. The first-order valence-electron chi connectivity index (χ1n) is 8.91. The number of benzene rings is 1. The second kappa shape index (κ2) is 9.77. The van der Waals surface area contributed by atoms with Gasteiger partial charge >= 0.3 is 22.2 Å². The number of rotatable bonds is 8. The summed E-state index contributed by atoms with van der Waals surface area (Å²) in [5.41, 5.74) is 0.108. The molecule has 1 aromatic carbocycles. The maximum Gasteiger partial charge on any atom is 0.407 e. The van der Waals surface area contributed by atoms with E-state index in [9.17, 15) is 18.0 Å². The Morgan fingerprint density at radius 2 is 1.68 bits per heavy atom. The summed E-state index contributed by atoms with van der Waals surface area (Å²) >= 11 is 0. The lowest BCUT2D eigenvalue weighted by molar-refractivity contribution is -0.147. The first-order chi connectivity index (χ1) is 12.7. The summed E-state index contributed by atoms with van der Waals surface area (Å²) in [6, 6.07) is 5.79. The van der Waals surface area contributed by atoms with Crippen molar-refractivity contribution in [1.82, 2.24) is 5.32 Å². The number of carbonyl (C=O) groups excluding carboxylic acids is 2. The highest BCUT2D eigenvalue weighted by Crippen LogP contribution is 2.16. The zero-order valence-electron chi connectivity index (χ0n) is 17.1. The largest absolute Gasteiger partial charge is 0.463 e. The van der Waals surface area contributed by atoms with Crippen LogP contribution in [0.25, 0.3) is 0 Å². The second-order valence-corrected chi connectivity index (χ2v) is 9.30. The Balaban J connectivity index is 2.85. The van der Waals surface area contributed by atoms with Crippen LogP contribution in [0, 0.1) is 0 Å². The van der Waals surface area contributed by atoms with E-state index < -0.39 is 33.8 Å². The molecule has 1 unspecified atom stereocenters. The van der Waals surface area contributed by atoms with Crippen LogP contribution in [0.4, 0.5) is 4.79 Å². The predicted molar refractivity (Wildman–Crippen MR) is 105 cm³/mol. The normalized spacial score (nSPS) is 13.0. The summed E-state index contributed by atoms with van der Waals surface area (Å²) in [6.07, 6.45) is 0.362. The number of hydrogen-bond donors (Lipinski definition) is 1. The molecule has 28 heavy (non-hydrogen) atoms. The van der Waals surface area contributed by atoms with Gasteiger partial charge in [-0.2, -0.15) is 8.42 Å². The molecular weight excluding hydrogens is 386 g/mol. The van der Waals surface area contributed by atoms with E-state index >= 15 is 0 Å². The fourth-order valence-corrected chi connectivity index (χ4v) is 2.76. The molecule has 1 N–H and O–H groups in total. The van der Waals surface area contributed by atoms with Gasteiger partial charge in [-0.3, -0.25) is 4.79 Å². The van der Waals surface area contributed by atoms with Crippen molar-refractivity contribution in [2.24, 2.45) is 0 Å². The molecule has 0 aliphatic rings. The molecule has 0 saturated carbocycles.